The average Bonchev–Trinajstić information content (AvgIpc) is 3.12. The molecule has 0 saturated heterocycles. The van der Waals surface area contributed by atoms with Crippen molar-refractivity contribution in [3.05, 3.63) is 77.9 Å². The molecule has 0 bridgehead atoms. The third-order valence-electron chi connectivity index (χ3n) is 4.70. The van der Waals surface area contributed by atoms with Gasteiger partial charge in [-0.05, 0) is 54.6 Å². The maximum atomic E-state index is 11.8. The lowest BCUT2D eigenvalue weighted by Crippen LogP contribution is -2.00. The van der Waals surface area contributed by atoms with Crippen LogP contribution in [0.4, 0.5) is 0 Å². The van der Waals surface area contributed by atoms with Gasteiger partial charge in [0.15, 0.2) is 0 Å². The average molecular weight is 457 g/mol. The minimum absolute atomic E-state index is 0.0979. The highest BCUT2D eigenvalue weighted by atomic mass is 35.7. The van der Waals surface area contributed by atoms with Crippen LogP contribution in [0.2, 0.25) is 0 Å². The summed E-state index contributed by atoms with van der Waals surface area (Å²) in [5.74, 6) is -2.14. The number of carboxylic acids is 2. The molecule has 3 aromatic carbocycles. The molecule has 1 heterocycles. The molecule has 0 spiro atoms. The van der Waals surface area contributed by atoms with Crippen molar-refractivity contribution in [3.63, 3.8) is 0 Å². The zero-order chi connectivity index (χ0) is 22.3. The highest BCUT2D eigenvalue weighted by Gasteiger charge is 2.18. The maximum absolute atomic E-state index is 11.8. The van der Waals surface area contributed by atoms with Crippen molar-refractivity contribution in [2.24, 2.45) is 0 Å². The van der Waals surface area contributed by atoms with Crippen LogP contribution >= 0.6 is 10.7 Å². The van der Waals surface area contributed by atoms with Crippen molar-refractivity contribution in [2.75, 3.05) is 0 Å². The van der Waals surface area contributed by atoms with Crippen molar-refractivity contribution >= 4 is 42.6 Å². The number of hydrogen-bond acceptors (Lipinski definition) is 5. The van der Waals surface area contributed by atoms with Crippen LogP contribution < -0.4 is 0 Å². The number of rotatable bonds is 5. The molecule has 10 heteroatoms. The van der Waals surface area contributed by atoms with Crippen molar-refractivity contribution in [1.82, 2.24) is 9.78 Å². The summed E-state index contributed by atoms with van der Waals surface area (Å²) in [4.78, 5) is 22.2. The molecule has 156 valence electrons. The Labute approximate surface area is 180 Å². The molecule has 0 aliphatic carbocycles. The fourth-order valence-corrected chi connectivity index (χ4v) is 3.95. The first-order valence-electron chi connectivity index (χ1n) is 8.80. The van der Waals surface area contributed by atoms with Crippen LogP contribution in [0.5, 0.6) is 0 Å². The number of carboxylic acid groups (broad SMARTS) is 2. The Morgan fingerprint density at radius 2 is 1.39 bits per heavy atom. The molecule has 0 radical (unpaired) electrons. The molecule has 8 nitrogen and oxygen atoms in total. The summed E-state index contributed by atoms with van der Waals surface area (Å²) in [6, 6.07) is 16.3. The van der Waals surface area contributed by atoms with Gasteiger partial charge < -0.3 is 10.2 Å². The number of aromatic carboxylic acids is 2. The third kappa shape index (κ3) is 3.88. The van der Waals surface area contributed by atoms with E-state index >= 15 is 0 Å². The quantitative estimate of drug-likeness (QED) is 0.434. The first-order chi connectivity index (χ1) is 14.6. The Bertz CT molecular complexity index is 1440. The van der Waals surface area contributed by atoms with Gasteiger partial charge in [-0.1, -0.05) is 12.1 Å². The maximum Gasteiger partial charge on any atom is 0.335 e. The zero-order valence-electron chi connectivity index (χ0n) is 15.6. The van der Waals surface area contributed by atoms with Gasteiger partial charge in [-0.15, -0.1) is 0 Å². The summed E-state index contributed by atoms with van der Waals surface area (Å²) < 4.78 is 25.2. The lowest BCUT2D eigenvalue weighted by Gasteiger charge is -2.04. The topological polar surface area (TPSA) is 127 Å². The smallest absolute Gasteiger partial charge is 0.335 e. The fourth-order valence-electron chi connectivity index (χ4n) is 3.17. The highest BCUT2D eigenvalue weighted by molar-refractivity contribution is 8.13. The van der Waals surface area contributed by atoms with E-state index in [1.165, 1.54) is 36.4 Å². The van der Waals surface area contributed by atoms with Crippen molar-refractivity contribution in [1.29, 1.82) is 0 Å². The molecule has 0 fully saturated rings. The molecular weight excluding hydrogens is 444 g/mol. The summed E-state index contributed by atoms with van der Waals surface area (Å²) in [5, 5.41) is 23.3. The standard InChI is InChI=1S/C21H13ClN2O6S/c22-31(29,30)16-9-10-18-17(11-16)19(12-1-3-13(4-2-12)20(25)26)23-24(18)15-7-5-14(6-8-15)21(27)28/h1-11H,(H,25,26)(H,27,28). The Morgan fingerprint density at radius 1 is 0.839 bits per heavy atom. The molecule has 0 unspecified atom stereocenters. The van der Waals surface area contributed by atoms with Crippen molar-refractivity contribution in [2.45, 2.75) is 4.90 Å². The number of fused-ring (bicyclic) bond motifs is 1. The minimum Gasteiger partial charge on any atom is -0.478 e. The van der Waals surface area contributed by atoms with Crippen LogP contribution in [0.15, 0.2) is 71.6 Å². The first kappa shape index (κ1) is 20.6. The molecule has 31 heavy (non-hydrogen) atoms. The summed E-state index contributed by atoms with van der Waals surface area (Å²) in [5.41, 5.74) is 2.31. The van der Waals surface area contributed by atoms with Gasteiger partial charge in [-0.3, -0.25) is 0 Å². The Balaban J connectivity index is 1.95. The predicted octanol–water partition coefficient (Wildman–Crippen LogP) is 4.02. The summed E-state index contributed by atoms with van der Waals surface area (Å²) in [6.07, 6.45) is 0. The van der Waals surface area contributed by atoms with Crippen LogP contribution in [0.3, 0.4) is 0 Å². The van der Waals surface area contributed by atoms with Crippen molar-refractivity contribution < 1.29 is 28.2 Å². The van der Waals surface area contributed by atoms with Crippen molar-refractivity contribution in [3.8, 4) is 16.9 Å². The largest absolute Gasteiger partial charge is 0.478 e. The fraction of sp³-hybridized carbons (Fsp3) is 0. The van der Waals surface area contributed by atoms with E-state index in [2.05, 4.69) is 5.10 Å². The number of carbonyl (C=O) groups is 2. The monoisotopic (exact) mass is 456 g/mol. The van der Waals surface area contributed by atoms with E-state index in [4.69, 9.17) is 20.9 Å². The van der Waals surface area contributed by atoms with Crippen LogP contribution in [0.1, 0.15) is 20.7 Å². The Morgan fingerprint density at radius 3 is 1.90 bits per heavy atom. The molecule has 0 atom stereocenters. The molecular formula is C21H13ClN2O6S. The predicted molar refractivity (Wildman–Crippen MR) is 113 cm³/mol. The van der Waals surface area contributed by atoms with Gasteiger partial charge in [0, 0.05) is 21.6 Å². The lowest BCUT2D eigenvalue weighted by atomic mass is 10.1. The van der Waals surface area contributed by atoms with Gasteiger partial charge in [-0.2, -0.15) is 5.10 Å². The minimum atomic E-state index is -3.99. The van der Waals surface area contributed by atoms with Gasteiger partial charge in [0.05, 0.1) is 27.2 Å². The normalized spacial score (nSPS) is 11.5. The van der Waals surface area contributed by atoms with E-state index in [1.807, 2.05) is 0 Å². The van der Waals surface area contributed by atoms with E-state index < -0.39 is 21.0 Å². The second kappa shape index (κ2) is 7.53. The summed E-state index contributed by atoms with van der Waals surface area (Å²) >= 11 is 0. The second-order valence-corrected chi connectivity index (χ2v) is 9.18. The summed E-state index contributed by atoms with van der Waals surface area (Å²) in [6.45, 7) is 0. The molecule has 0 aliphatic heterocycles. The van der Waals surface area contributed by atoms with Crippen LogP contribution in [-0.4, -0.2) is 40.3 Å². The molecule has 4 aromatic rings. The van der Waals surface area contributed by atoms with E-state index in [-0.39, 0.29) is 16.0 Å². The Hall–Kier alpha value is -3.69. The SMILES string of the molecule is O=C(O)c1ccc(-c2nn(-c3ccc(C(=O)O)cc3)c3ccc(S(=O)(=O)Cl)cc23)cc1. The number of halogens is 1. The zero-order valence-corrected chi connectivity index (χ0v) is 17.1. The second-order valence-electron chi connectivity index (χ2n) is 6.61. The van der Waals surface area contributed by atoms with Gasteiger partial charge >= 0.3 is 11.9 Å². The Kier molecular flexibility index (Phi) is 5.00. The number of nitrogens with zero attached hydrogens (tertiary/aromatic N) is 2. The third-order valence-corrected chi connectivity index (χ3v) is 6.05. The molecule has 0 aliphatic rings. The van der Waals surface area contributed by atoms with Gasteiger partial charge in [-0.25, -0.2) is 22.7 Å². The van der Waals surface area contributed by atoms with E-state index in [0.29, 0.717) is 27.8 Å². The number of benzene rings is 3. The number of hydrogen-bond donors (Lipinski definition) is 2. The number of aromatic nitrogens is 2. The molecule has 0 saturated carbocycles. The van der Waals surface area contributed by atoms with Crippen LogP contribution in [0.25, 0.3) is 27.8 Å². The van der Waals surface area contributed by atoms with Gasteiger partial charge in [0.25, 0.3) is 9.05 Å². The molecule has 2 N–H and O–H groups in total. The first-order valence-corrected chi connectivity index (χ1v) is 11.1. The lowest BCUT2D eigenvalue weighted by molar-refractivity contribution is 0.0686. The van der Waals surface area contributed by atoms with E-state index in [1.54, 1.807) is 35.0 Å². The van der Waals surface area contributed by atoms with Crippen LogP contribution in [-0.2, 0) is 9.05 Å². The van der Waals surface area contributed by atoms with Gasteiger partial charge in [0.2, 0.25) is 0 Å². The highest BCUT2D eigenvalue weighted by Crippen LogP contribution is 2.32. The summed E-state index contributed by atoms with van der Waals surface area (Å²) in [7, 11) is 1.52. The van der Waals surface area contributed by atoms with E-state index in [0.717, 1.165) is 0 Å². The van der Waals surface area contributed by atoms with Gasteiger partial charge in [0.1, 0.15) is 5.69 Å². The molecule has 4 rings (SSSR count). The van der Waals surface area contributed by atoms with Crippen LogP contribution in [0, 0.1) is 0 Å². The molecule has 1 aromatic heterocycles. The molecule has 0 amide bonds. The van der Waals surface area contributed by atoms with E-state index in [9.17, 15) is 18.0 Å².